The van der Waals surface area contributed by atoms with E-state index in [2.05, 4.69) is 26.1 Å². The maximum atomic E-state index is 5.98. The molecule has 1 atom stereocenters. The van der Waals surface area contributed by atoms with Gasteiger partial charge in [-0.3, -0.25) is 0 Å². The molecule has 0 aromatic rings. The normalized spacial score (nSPS) is 30.2. The number of nitrogens with one attached hydrogen (secondary N) is 1. The summed E-state index contributed by atoms with van der Waals surface area (Å²) < 4.78 is 5.98. The van der Waals surface area contributed by atoms with Crippen LogP contribution in [0.1, 0.15) is 46.5 Å². The summed E-state index contributed by atoms with van der Waals surface area (Å²) >= 11 is 0. The lowest BCUT2D eigenvalue weighted by atomic mass is 9.89. The van der Waals surface area contributed by atoms with Crippen LogP contribution in [0.15, 0.2) is 0 Å². The van der Waals surface area contributed by atoms with E-state index < -0.39 is 0 Å². The molecule has 0 spiro atoms. The van der Waals surface area contributed by atoms with Gasteiger partial charge in [0.1, 0.15) is 0 Å². The molecule has 0 aromatic carbocycles. The molecule has 2 nitrogen and oxygen atoms in total. The molecular formula is C12H25NO. The van der Waals surface area contributed by atoms with Crippen molar-refractivity contribution in [2.24, 2.45) is 5.92 Å². The lowest BCUT2D eigenvalue weighted by Crippen LogP contribution is -2.32. The molecule has 1 aliphatic rings. The third kappa shape index (κ3) is 4.43. The van der Waals surface area contributed by atoms with Crippen LogP contribution in [0.5, 0.6) is 0 Å². The predicted octanol–water partition coefficient (Wildman–Crippen LogP) is 2.58. The molecule has 1 N–H and O–H groups in total. The number of rotatable bonds is 5. The molecule has 0 aromatic heterocycles. The fourth-order valence-electron chi connectivity index (χ4n) is 2.09. The minimum atomic E-state index is 0.369. The van der Waals surface area contributed by atoms with Crippen LogP contribution in [0.25, 0.3) is 0 Å². The Morgan fingerprint density at radius 3 is 2.50 bits per heavy atom. The maximum absolute atomic E-state index is 5.98. The zero-order valence-electron chi connectivity index (χ0n) is 9.88. The molecule has 0 radical (unpaired) electrons. The third-order valence-electron chi connectivity index (χ3n) is 3.07. The van der Waals surface area contributed by atoms with Gasteiger partial charge in [0, 0.05) is 6.54 Å². The Bertz CT molecular complexity index is 141. The zero-order chi connectivity index (χ0) is 10.4. The fourth-order valence-corrected chi connectivity index (χ4v) is 2.09. The molecule has 1 saturated carbocycles. The highest BCUT2D eigenvalue weighted by Crippen LogP contribution is 2.26. The Balaban J connectivity index is 2.10. The molecule has 0 bridgehead atoms. The van der Waals surface area contributed by atoms with Gasteiger partial charge in [0.05, 0.1) is 12.2 Å². The SMILES string of the molecule is CCNCC(C)OC1CCC(C)CC1. The summed E-state index contributed by atoms with van der Waals surface area (Å²) in [5.74, 6) is 0.916. The van der Waals surface area contributed by atoms with Crippen molar-refractivity contribution in [3.63, 3.8) is 0 Å². The van der Waals surface area contributed by atoms with E-state index in [9.17, 15) is 0 Å². The Morgan fingerprint density at radius 1 is 1.29 bits per heavy atom. The van der Waals surface area contributed by atoms with Crippen LogP contribution >= 0.6 is 0 Å². The van der Waals surface area contributed by atoms with Crippen molar-refractivity contribution in [2.45, 2.75) is 58.7 Å². The average Bonchev–Trinajstić information content (AvgIpc) is 2.18. The van der Waals surface area contributed by atoms with E-state index in [0.29, 0.717) is 12.2 Å². The highest BCUT2D eigenvalue weighted by Gasteiger charge is 2.20. The van der Waals surface area contributed by atoms with Crippen molar-refractivity contribution in [2.75, 3.05) is 13.1 Å². The molecule has 0 saturated heterocycles. The summed E-state index contributed by atoms with van der Waals surface area (Å²) in [5, 5.41) is 3.32. The number of hydrogen-bond acceptors (Lipinski definition) is 2. The number of likely N-dealkylation sites (N-methyl/N-ethyl adjacent to an activating group) is 1. The quantitative estimate of drug-likeness (QED) is 0.735. The summed E-state index contributed by atoms with van der Waals surface area (Å²) in [6, 6.07) is 0. The summed E-state index contributed by atoms with van der Waals surface area (Å²) in [7, 11) is 0. The number of hydrogen-bond donors (Lipinski definition) is 1. The topological polar surface area (TPSA) is 21.3 Å². The second-order valence-electron chi connectivity index (χ2n) is 4.64. The van der Waals surface area contributed by atoms with Gasteiger partial charge < -0.3 is 10.1 Å². The van der Waals surface area contributed by atoms with Crippen molar-refractivity contribution in [1.82, 2.24) is 5.32 Å². The van der Waals surface area contributed by atoms with E-state index in [1.54, 1.807) is 0 Å². The molecule has 1 rings (SSSR count). The summed E-state index contributed by atoms with van der Waals surface area (Å²) in [5.41, 5.74) is 0. The van der Waals surface area contributed by atoms with Gasteiger partial charge in [-0.1, -0.05) is 13.8 Å². The van der Waals surface area contributed by atoms with E-state index in [0.717, 1.165) is 19.0 Å². The second kappa shape index (κ2) is 6.41. The Hall–Kier alpha value is -0.0800. The van der Waals surface area contributed by atoms with E-state index in [1.807, 2.05) is 0 Å². The van der Waals surface area contributed by atoms with Crippen molar-refractivity contribution < 1.29 is 4.74 Å². The van der Waals surface area contributed by atoms with Crippen molar-refractivity contribution >= 4 is 0 Å². The first-order chi connectivity index (χ1) is 6.72. The minimum Gasteiger partial charge on any atom is -0.374 e. The van der Waals surface area contributed by atoms with E-state index in [1.165, 1.54) is 25.7 Å². The highest BCUT2D eigenvalue weighted by atomic mass is 16.5. The molecule has 1 fully saturated rings. The second-order valence-corrected chi connectivity index (χ2v) is 4.64. The van der Waals surface area contributed by atoms with E-state index in [-0.39, 0.29) is 0 Å². The van der Waals surface area contributed by atoms with Crippen LogP contribution in [-0.2, 0) is 4.74 Å². The van der Waals surface area contributed by atoms with Crippen LogP contribution in [0.2, 0.25) is 0 Å². The molecule has 1 aliphatic carbocycles. The van der Waals surface area contributed by atoms with Gasteiger partial charge in [0.15, 0.2) is 0 Å². The van der Waals surface area contributed by atoms with E-state index >= 15 is 0 Å². The molecule has 2 heteroatoms. The molecule has 0 aliphatic heterocycles. The molecule has 1 unspecified atom stereocenters. The minimum absolute atomic E-state index is 0.369. The zero-order valence-corrected chi connectivity index (χ0v) is 9.88. The molecule has 0 heterocycles. The molecular weight excluding hydrogens is 174 g/mol. The lowest BCUT2D eigenvalue weighted by molar-refractivity contribution is -0.0256. The van der Waals surface area contributed by atoms with Crippen molar-refractivity contribution in [1.29, 1.82) is 0 Å². The van der Waals surface area contributed by atoms with Crippen LogP contribution in [0.3, 0.4) is 0 Å². The third-order valence-corrected chi connectivity index (χ3v) is 3.07. The number of ether oxygens (including phenoxy) is 1. The van der Waals surface area contributed by atoms with Gasteiger partial charge in [-0.15, -0.1) is 0 Å². The van der Waals surface area contributed by atoms with Gasteiger partial charge in [-0.05, 0) is 45.1 Å². The summed E-state index contributed by atoms with van der Waals surface area (Å²) in [4.78, 5) is 0. The van der Waals surface area contributed by atoms with Crippen LogP contribution in [-0.4, -0.2) is 25.3 Å². The first-order valence-corrected chi connectivity index (χ1v) is 6.08. The van der Waals surface area contributed by atoms with E-state index in [4.69, 9.17) is 4.74 Å². The van der Waals surface area contributed by atoms with Gasteiger partial charge in [-0.2, -0.15) is 0 Å². The predicted molar refractivity (Wildman–Crippen MR) is 60.5 cm³/mol. The fraction of sp³-hybridized carbons (Fsp3) is 1.00. The van der Waals surface area contributed by atoms with Gasteiger partial charge in [-0.25, -0.2) is 0 Å². The first-order valence-electron chi connectivity index (χ1n) is 6.08. The van der Waals surface area contributed by atoms with Crippen LogP contribution in [0.4, 0.5) is 0 Å². The van der Waals surface area contributed by atoms with Crippen molar-refractivity contribution in [3.8, 4) is 0 Å². The Morgan fingerprint density at radius 2 is 1.93 bits per heavy atom. The monoisotopic (exact) mass is 199 g/mol. The highest BCUT2D eigenvalue weighted by molar-refractivity contribution is 4.71. The average molecular weight is 199 g/mol. The van der Waals surface area contributed by atoms with Gasteiger partial charge >= 0.3 is 0 Å². The van der Waals surface area contributed by atoms with Gasteiger partial charge in [0.25, 0.3) is 0 Å². The summed E-state index contributed by atoms with van der Waals surface area (Å²) in [6.45, 7) is 8.67. The first kappa shape index (κ1) is 12.0. The summed E-state index contributed by atoms with van der Waals surface area (Å²) in [6.07, 6.45) is 6.11. The van der Waals surface area contributed by atoms with Crippen molar-refractivity contribution in [3.05, 3.63) is 0 Å². The largest absolute Gasteiger partial charge is 0.374 e. The maximum Gasteiger partial charge on any atom is 0.0675 e. The Labute approximate surface area is 88.4 Å². The van der Waals surface area contributed by atoms with Crippen LogP contribution < -0.4 is 5.32 Å². The van der Waals surface area contributed by atoms with Gasteiger partial charge in [0.2, 0.25) is 0 Å². The smallest absolute Gasteiger partial charge is 0.0675 e. The van der Waals surface area contributed by atoms with Crippen LogP contribution in [0, 0.1) is 5.92 Å². The Kier molecular flexibility index (Phi) is 5.49. The lowest BCUT2D eigenvalue weighted by Gasteiger charge is -2.28. The molecule has 84 valence electrons. The molecule has 14 heavy (non-hydrogen) atoms. The standard InChI is InChI=1S/C12H25NO/c1-4-13-9-11(3)14-12-7-5-10(2)6-8-12/h10-13H,4-9H2,1-3H3. The molecule has 0 amide bonds.